The van der Waals surface area contributed by atoms with E-state index in [1.807, 2.05) is 49.4 Å². The Kier molecular flexibility index (Phi) is 8.37. The maximum absolute atomic E-state index is 13.2. The number of nitrogens with zero attached hydrogens (tertiary/aromatic N) is 1. The first kappa shape index (κ1) is 23.9. The molecule has 5 nitrogen and oxygen atoms in total. The van der Waals surface area contributed by atoms with Gasteiger partial charge in [0.15, 0.2) is 6.61 Å². The van der Waals surface area contributed by atoms with Crippen LogP contribution in [0.4, 0.5) is 0 Å². The lowest BCUT2D eigenvalue weighted by Gasteiger charge is -2.29. The van der Waals surface area contributed by atoms with Gasteiger partial charge in [-0.3, -0.25) is 9.59 Å². The van der Waals surface area contributed by atoms with Crippen molar-refractivity contribution in [1.82, 2.24) is 10.2 Å². The molecule has 168 valence electrons. The first-order valence-electron chi connectivity index (χ1n) is 10.5. The van der Waals surface area contributed by atoms with Gasteiger partial charge in [0.2, 0.25) is 5.91 Å². The highest BCUT2D eigenvalue weighted by atomic mass is 35.5. The molecule has 3 aromatic rings. The third kappa shape index (κ3) is 5.93. The fourth-order valence-corrected chi connectivity index (χ4v) is 3.68. The van der Waals surface area contributed by atoms with Gasteiger partial charge in [-0.25, -0.2) is 0 Å². The number of carbonyl (C=O) groups is 2. The molecular formula is C25H26Cl2N2O3. The van der Waals surface area contributed by atoms with Crippen LogP contribution in [0.3, 0.4) is 0 Å². The smallest absolute Gasteiger partial charge is 0.261 e. The van der Waals surface area contributed by atoms with Crippen LogP contribution in [0.15, 0.2) is 60.7 Å². The summed E-state index contributed by atoms with van der Waals surface area (Å²) in [4.78, 5) is 27.3. The lowest BCUT2D eigenvalue weighted by molar-refractivity contribution is -0.142. The van der Waals surface area contributed by atoms with Gasteiger partial charge in [-0.05, 0) is 42.5 Å². The molecule has 2 amide bonds. The second-order valence-corrected chi connectivity index (χ2v) is 8.32. The molecule has 0 aliphatic carbocycles. The van der Waals surface area contributed by atoms with E-state index in [1.165, 1.54) is 4.90 Å². The summed E-state index contributed by atoms with van der Waals surface area (Å²) < 4.78 is 5.88. The predicted molar refractivity (Wildman–Crippen MR) is 129 cm³/mol. The molecule has 32 heavy (non-hydrogen) atoms. The van der Waals surface area contributed by atoms with Crippen molar-refractivity contribution in [3.8, 4) is 5.75 Å². The summed E-state index contributed by atoms with van der Waals surface area (Å²) in [5.74, 6) is 0.0996. The Hall–Kier alpha value is -2.76. The maximum atomic E-state index is 13.2. The van der Waals surface area contributed by atoms with Crippen LogP contribution in [-0.4, -0.2) is 35.9 Å². The van der Waals surface area contributed by atoms with E-state index in [2.05, 4.69) is 5.32 Å². The Morgan fingerprint density at radius 2 is 1.78 bits per heavy atom. The quantitative estimate of drug-likeness (QED) is 0.449. The summed E-state index contributed by atoms with van der Waals surface area (Å²) in [5.41, 5.74) is 0.771. The van der Waals surface area contributed by atoms with E-state index in [0.29, 0.717) is 22.3 Å². The highest BCUT2D eigenvalue weighted by Crippen LogP contribution is 2.26. The molecular weight excluding hydrogens is 447 g/mol. The van der Waals surface area contributed by atoms with Crippen LogP contribution >= 0.6 is 23.2 Å². The molecule has 3 rings (SSSR count). The summed E-state index contributed by atoms with van der Waals surface area (Å²) in [5, 5.41) is 5.63. The van der Waals surface area contributed by atoms with E-state index in [4.69, 9.17) is 27.9 Å². The molecule has 0 spiro atoms. The van der Waals surface area contributed by atoms with Crippen LogP contribution in [0.25, 0.3) is 10.8 Å². The average molecular weight is 473 g/mol. The normalized spacial score (nSPS) is 11.8. The number of halogens is 2. The Labute approximate surface area is 198 Å². The van der Waals surface area contributed by atoms with Gasteiger partial charge in [0, 0.05) is 18.5 Å². The topological polar surface area (TPSA) is 58.6 Å². The second kappa shape index (κ2) is 11.2. The predicted octanol–water partition coefficient (Wildman–Crippen LogP) is 5.47. The molecule has 0 bridgehead atoms. The standard InChI is InChI=1S/C25H26Cl2N2O3/c1-3-13-28-25(31)17(2)29(15-18-11-12-21(26)22(27)14-18)24(30)16-32-23-10-6-8-19-7-4-5-9-20(19)23/h4-12,14,17H,3,13,15-16H2,1-2H3,(H,28,31). The molecule has 0 heterocycles. The zero-order valence-electron chi connectivity index (χ0n) is 18.1. The highest BCUT2D eigenvalue weighted by molar-refractivity contribution is 6.42. The van der Waals surface area contributed by atoms with Gasteiger partial charge in [0.25, 0.3) is 5.91 Å². The zero-order chi connectivity index (χ0) is 23.1. The molecule has 7 heteroatoms. The number of amides is 2. The van der Waals surface area contributed by atoms with Crippen LogP contribution in [0.5, 0.6) is 5.75 Å². The number of rotatable bonds is 9. The SMILES string of the molecule is CCCNC(=O)C(C)N(Cc1ccc(Cl)c(Cl)c1)C(=O)COc1cccc2ccccc12. The molecule has 0 aliphatic heterocycles. The Bertz CT molecular complexity index is 1100. The molecule has 1 unspecified atom stereocenters. The Balaban J connectivity index is 1.79. The number of fused-ring (bicyclic) bond motifs is 1. The van der Waals surface area contributed by atoms with Gasteiger partial charge in [0.1, 0.15) is 11.8 Å². The van der Waals surface area contributed by atoms with Gasteiger partial charge < -0.3 is 15.0 Å². The summed E-state index contributed by atoms with van der Waals surface area (Å²) in [6, 6.07) is 18.0. The maximum Gasteiger partial charge on any atom is 0.261 e. The lowest BCUT2D eigenvalue weighted by atomic mass is 10.1. The molecule has 0 saturated heterocycles. The third-order valence-electron chi connectivity index (χ3n) is 5.15. The highest BCUT2D eigenvalue weighted by Gasteiger charge is 2.26. The van der Waals surface area contributed by atoms with Gasteiger partial charge in [-0.1, -0.05) is 72.6 Å². The largest absolute Gasteiger partial charge is 0.483 e. The van der Waals surface area contributed by atoms with Crippen molar-refractivity contribution in [2.75, 3.05) is 13.2 Å². The van der Waals surface area contributed by atoms with Crippen molar-refractivity contribution in [3.05, 3.63) is 76.3 Å². The van der Waals surface area contributed by atoms with Crippen molar-refractivity contribution >= 4 is 45.8 Å². The fraction of sp³-hybridized carbons (Fsp3) is 0.280. The van der Waals surface area contributed by atoms with Crippen molar-refractivity contribution in [2.45, 2.75) is 32.9 Å². The van der Waals surface area contributed by atoms with Crippen LogP contribution in [0.1, 0.15) is 25.8 Å². The molecule has 1 N–H and O–H groups in total. The van der Waals surface area contributed by atoms with Crippen LogP contribution in [0.2, 0.25) is 10.0 Å². The number of hydrogen-bond donors (Lipinski definition) is 1. The van der Waals surface area contributed by atoms with Gasteiger partial charge in [-0.15, -0.1) is 0 Å². The van der Waals surface area contributed by atoms with E-state index < -0.39 is 6.04 Å². The monoisotopic (exact) mass is 472 g/mol. The fourth-order valence-electron chi connectivity index (χ4n) is 3.36. The minimum absolute atomic E-state index is 0.194. The molecule has 0 aliphatic rings. The summed E-state index contributed by atoms with van der Waals surface area (Å²) >= 11 is 12.2. The minimum Gasteiger partial charge on any atom is -0.483 e. The summed E-state index contributed by atoms with van der Waals surface area (Å²) in [6.07, 6.45) is 0.809. The van der Waals surface area contributed by atoms with Crippen LogP contribution in [-0.2, 0) is 16.1 Å². The summed E-state index contributed by atoms with van der Waals surface area (Å²) in [7, 11) is 0. The number of benzene rings is 3. The van der Waals surface area contributed by atoms with Crippen molar-refractivity contribution < 1.29 is 14.3 Å². The van der Waals surface area contributed by atoms with Crippen molar-refractivity contribution in [2.24, 2.45) is 0 Å². The van der Waals surface area contributed by atoms with E-state index >= 15 is 0 Å². The number of carbonyl (C=O) groups excluding carboxylic acids is 2. The molecule has 0 radical (unpaired) electrons. The van der Waals surface area contributed by atoms with Gasteiger partial charge in [-0.2, -0.15) is 0 Å². The molecule has 0 saturated carbocycles. The number of nitrogens with one attached hydrogen (secondary N) is 1. The van der Waals surface area contributed by atoms with E-state index in [1.54, 1.807) is 25.1 Å². The first-order valence-corrected chi connectivity index (χ1v) is 11.3. The number of hydrogen-bond acceptors (Lipinski definition) is 3. The zero-order valence-corrected chi connectivity index (χ0v) is 19.6. The molecule has 0 aromatic heterocycles. The average Bonchev–Trinajstić information content (AvgIpc) is 2.81. The molecule has 3 aromatic carbocycles. The second-order valence-electron chi connectivity index (χ2n) is 7.50. The van der Waals surface area contributed by atoms with E-state index in [-0.39, 0.29) is 25.0 Å². The van der Waals surface area contributed by atoms with Crippen LogP contribution in [0, 0.1) is 0 Å². The van der Waals surface area contributed by atoms with Gasteiger partial charge >= 0.3 is 0 Å². The van der Waals surface area contributed by atoms with Crippen molar-refractivity contribution in [3.63, 3.8) is 0 Å². The minimum atomic E-state index is -0.681. The Morgan fingerprint density at radius 1 is 1.03 bits per heavy atom. The van der Waals surface area contributed by atoms with Crippen LogP contribution < -0.4 is 10.1 Å². The van der Waals surface area contributed by atoms with E-state index in [9.17, 15) is 9.59 Å². The molecule has 1 atom stereocenters. The Morgan fingerprint density at radius 3 is 2.53 bits per heavy atom. The van der Waals surface area contributed by atoms with E-state index in [0.717, 1.165) is 22.8 Å². The van der Waals surface area contributed by atoms with Gasteiger partial charge in [0.05, 0.1) is 10.0 Å². The third-order valence-corrected chi connectivity index (χ3v) is 5.89. The number of ether oxygens (including phenoxy) is 1. The summed E-state index contributed by atoms with van der Waals surface area (Å²) in [6.45, 7) is 4.24. The first-order chi connectivity index (χ1) is 15.4. The molecule has 0 fully saturated rings. The lowest BCUT2D eigenvalue weighted by Crippen LogP contribution is -2.49. The van der Waals surface area contributed by atoms with Crippen molar-refractivity contribution in [1.29, 1.82) is 0 Å².